The minimum absolute atomic E-state index is 0.263. The Hall–Kier alpha value is -0.650. The zero-order chi connectivity index (χ0) is 15.2. The second-order valence-electron chi connectivity index (χ2n) is 5.81. The van der Waals surface area contributed by atoms with Crippen molar-refractivity contribution in [2.24, 2.45) is 0 Å². The molecule has 0 bridgehead atoms. The van der Waals surface area contributed by atoms with E-state index in [1.807, 2.05) is 0 Å². The van der Waals surface area contributed by atoms with Crippen molar-refractivity contribution in [2.45, 2.75) is 83.4 Å². The molecule has 1 aliphatic rings. The van der Waals surface area contributed by atoms with Crippen LogP contribution in [0.1, 0.15) is 59.3 Å². The van der Waals surface area contributed by atoms with E-state index in [9.17, 15) is 9.90 Å². The molecule has 0 aliphatic carbocycles. The van der Waals surface area contributed by atoms with E-state index >= 15 is 0 Å². The van der Waals surface area contributed by atoms with E-state index in [0.717, 1.165) is 19.3 Å². The van der Waals surface area contributed by atoms with E-state index in [4.69, 9.17) is 9.47 Å². The first-order valence-corrected chi connectivity index (χ1v) is 7.53. The predicted octanol–water partition coefficient (Wildman–Crippen LogP) is 2.40. The summed E-state index contributed by atoms with van der Waals surface area (Å²) in [6.07, 6.45) is 4.38. The molecule has 1 saturated heterocycles. The fourth-order valence-electron chi connectivity index (χ4n) is 2.56. The number of aliphatic hydroxyl groups is 1. The van der Waals surface area contributed by atoms with Gasteiger partial charge in [-0.15, -0.1) is 0 Å². The second kappa shape index (κ2) is 7.96. The molecule has 1 fully saturated rings. The van der Waals surface area contributed by atoms with Gasteiger partial charge in [0, 0.05) is 0 Å². The molecule has 5 nitrogen and oxygen atoms in total. The summed E-state index contributed by atoms with van der Waals surface area (Å²) in [7, 11) is 1.26. The van der Waals surface area contributed by atoms with Gasteiger partial charge in [-0.2, -0.15) is 0 Å². The molecule has 5 heteroatoms. The van der Waals surface area contributed by atoms with Crippen LogP contribution in [0.25, 0.3) is 0 Å². The van der Waals surface area contributed by atoms with Crippen molar-refractivity contribution >= 4 is 5.97 Å². The topological polar surface area (TPSA) is 65.0 Å². The van der Waals surface area contributed by atoms with E-state index in [0.29, 0.717) is 0 Å². The average Bonchev–Trinajstić information content (AvgIpc) is 2.72. The maximum absolute atomic E-state index is 11.5. The first-order chi connectivity index (χ1) is 9.41. The van der Waals surface area contributed by atoms with Crippen LogP contribution in [0.3, 0.4) is 0 Å². The summed E-state index contributed by atoms with van der Waals surface area (Å²) >= 11 is 0. The Labute approximate surface area is 121 Å². The Morgan fingerprint density at radius 1 is 1.25 bits per heavy atom. The zero-order valence-corrected chi connectivity index (χ0v) is 13.1. The lowest BCUT2D eigenvalue weighted by molar-refractivity contribution is -0.170. The maximum Gasteiger partial charge on any atom is 0.337 e. The highest BCUT2D eigenvalue weighted by Gasteiger charge is 2.46. The van der Waals surface area contributed by atoms with Crippen molar-refractivity contribution in [1.29, 1.82) is 0 Å². The quantitative estimate of drug-likeness (QED) is 0.549. The van der Waals surface area contributed by atoms with Crippen LogP contribution in [-0.4, -0.2) is 42.3 Å². The fourth-order valence-corrected chi connectivity index (χ4v) is 2.56. The summed E-state index contributed by atoms with van der Waals surface area (Å²) in [6.45, 7) is 5.77. The Kier molecular flexibility index (Phi) is 6.92. The van der Waals surface area contributed by atoms with Crippen LogP contribution in [0, 0.1) is 0 Å². The third kappa shape index (κ3) is 5.04. The standard InChI is InChI=1S/C15H28O5/c1-5-6-7-8-9-10-11-13(12(16)14(17)18-4)20-15(2,3)19-11/h11-13,16H,5-10H2,1-4H3/t11-,12-,13+/m1/s1. The van der Waals surface area contributed by atoms with Gasteiger partial charge in [-0.05, 0) is 20.3 Å². The lowest BCUT2D eigenvalue weighted by Gasteiger charge is -2.20. The molecule has 1 heterocycles. The molecule has 1 N–H and O–H groups in total. The van der Waals surface area contributed by atoms with E-state index in [1.165, 1.54) is 26.4 Å². The summed E-state index contributed by atoms with van der Waals surface area (Å²) < 4.78 is 16.0. The number of ether oxygens (including phenoxy) is 3. The Morgan fingerprint density at radius 3 is 2.50 bits per heavy atom. The number of esters is 1. The molecule has 0 aromatic rings. The second-order valence-corrected chi connectivity index (χ2v) is 5.81. The summed E-state index contributed by atoms with van der Waals surface area (Å²) in [5.74, 6) is -1.44. The van der Waals surface area contributed by atoms with Crippen molar-refractivity contribution in [3.05, 3.63) is 0 Å². The largest absolute Gasteiger partial charge is 0.467 e. The van der Waals surface area contributed by atoms with Gasteiger partial charge < -0.3 is 19.3 Å². The first kappa shape index (κ1) is 17.4. The third-order valence-electron chi connectivity index (χ3n) is 3.57. The van der Waals surface area contributed by atoms with Gasteiger partial charge in [0.2, 0.25) is 0 Å². The zero-order valence-electron chi connectivity index (χ0n) is 13.1. The van der Waals surface area contributed by atoms with Crippen LogP contribution < -0.4 is 0 Å². The van der Waals surface area contributed by atoms with Crippen molar-refractivity contribution < 1.29 is 24.1 Å². The molecule has 0 aromatic heterocycles. The fraction of sp³-hybridized carbons (Fsp3) is 0.933. The van der Waals surface area contributed by atoms with Gasteiger partial charge in [-0.25, -0.2) is 4.79 Å². The Morgan fingerprint density at radius 2 is 1.90 bits per heavy atom. The molecule has 1 aliphatic heterocycles. The minimum Gasteiger partial charge on any atom is -0.467 e. The highest BCUT2D eigenvalue weighted by atomic mass is 16.8. The molecule has 0 unspecified atom stereocenters. The summed E-state index contributed by atoms with van der Waals surface area (Å²) in [6, 6.07) is 0. The predicted molar refractivity (Wildman–Crippen MR) is 75.2 cm³/mol. The summed E-state index contributed by atoms with van der Waals surface area (Å²) in [4.78, 5) is 11.5. The molecule has 0 radical (unpaired) electrons. The van der Waals surface area contributed by atoms with Crippen molar-refractivity contribution in [3.8, 4) is 0 Å². The van der Waals surface area contributed by atoms with Crippen LogP contribution >= 0.6 is 0 Å². The van der Waals surface area contributed by atoms with E-state index in [-0.39, 0.29) is 6.10 Å². The van der Waals surface area contributed by atoms with Crippen molar-refractivity contribution in [1.82, 2.24) is 0 Å². The smallest absolute Gasteiger partial charge is 0.337 e. The summed E-state index contributed by atoms with van der Waals surface area (Å²) in [5, 5.41) is 9.98. The van der Waals surface area contributed by atoms with Crippen molar-refractivity contribution in [2.75, 3.05) is 7.11 Å². The monoisotopic (exact) mass is 288 g/mol. The van der Waals surface area contributed by atoms with E-state index in [2.05, 4.69) is 11.7 Å². The molecule has 118 valence electrons. The van der Waals surface area contributed by atoms with Crippen molar-refractivity contribution in [3.63, 3.8) is 0 Å². The van der Waals surface area contributed by atoms with Crippen LogP contribution in [0.4, 0.5) is 0 Å². The number of hydrogen-bond acceptors (Lipinski definition) is 5. The average molecular weight is 288 g/mol. The van der Waals surface area contributed by atoms with Gasteiger partial charge in [0.1, 0.15) is 6.10 Å². The van der Waals surface area contributed by atoms with Gasteiger partial charge in [-0.1, -0.05) is 39.0 Å². The lowest BCUT2D eigenvalue weighted by atomic mass is 10.0. The number of methoxy groups -OCH3 is 1. The number of unbranched alkanes of at least 4 members (excludes halogenated alkanes) is 4. The maximum atomic E-state index is 11.5. The van der Waals surface area contributed by atoms with Crippen LogP contribution in [0.2, 0.25) is 0 Å². The molecule has 0 aromatic carbocycles. The Balaban J connectivity index is 2.50. The third-order valence-corrected chi connectivity index (χ3v) is 3.57. The number of aliphatic hydroxyl groups excluding tert-OH is 1. The molecule has 0 amide bonds. The number of rotatable bonds is 8. The highest BCUT2D eigenvalue weighted by molar-refractivity contribution is 5.75. The molecule has 0 spiro atoms. The van der Waals surface area contributed by atoms with Gasteiger partial charge >= 0.3 is 5.97 Å². The number of carbonyl (C=O) groups is 1. The van der Waals surface area contributed by atoms with Gasteiger partial charge in [-0.3, -0.25) is 0 Å². The Bertz CT molecular complexity index is 303. The van der Waals surface area contributed by atoms with E-state index < -0.39 is 24.0 Å². The first-order valence-electron chi connectivity index (χ1n) is 7.53. The molecule has 1 rings (SSSR count). The summed E-state index contributed by atoms with van der Waals surface area (Å²) in [5.41, 5.74) is 0. The molecule has 20 heavy (non-hydrogen) atoms. The normalized spacial score (nSPS) is 26.4. The highest BCUT2D eigenvalue weighted by Crippen LogP contribution is 2.33. The van der Waals surface area contributed by atoms with Crippen LogP contribution in [-0.2, 0) is 19.0 Å². The van der Waals surface area contributed by atoms with Gasteiger partial charge in [0.05, 0.1) is 13.2 Å². The van der Waals surface area contributed by atoms with Gasteiger partial charge in [0.25, 0.3) is 0 Å². The lowest BCUT2D eigenvalue weighted by Crippen LogP contribution is -2.41. The SMILES string of the molecule is CCCCCCC[C@H]1OC(C)(C)O[C@@H]1[C@@H](O)C(=O)OC. The molecular weight excluding hydrogens is 260 g/mol. The molecular formula is C15H28O5. The molecule has 3 atom stereocenters. The molecule has 0 saturated carbocycles. The van der Waals surface area contributed by atoms with Crippen LogP contribution in [0.15, 0.2) is 0 Å². The van der Waals surface area contributed by atoms with Gasteiger partial charge in [0.15, 0.2) is 11.9 Å². The van der Waals surface area contributed by atoms with E-state index in [1.54, 1.807) is 13.8 Å². The van der Waals surface area contributed by atoms with Crippen LogP contribution in [0.5, 0.6) is 0 Å². The number of hydrogen-bond donors (Lipinski definition) is 1. The number of carbonyl (C=O) groups excluding carboxylic acids is 1. The minimum atomic E-state index is -1.29.